The molecule has 5 heterocycles. The maximum Gasteiger partial charge on any atom is 0.351 e. The van der Waals surface area contributed by atoms with Gasteiger partial charge in [0, 0.05) is 55.3 Å². The molecule has 8 rings (SSSR count). The van der Waals surface area contributed by atoms with Crippen LogP contribution in [0.25, 0.3) is 16.9 Å². The second kappa shape index (κ2) is 17.7. The molecule has 3 atom stereocenters. The van der Waals surface area contributed by atoms with Crippen molar-refractivity contribution in [3.05, 3.63) is 161 Å². The smallest absolute Gasteiger partial charge is 0.351 e. The molecule has 0 radical (unpaired) electrons. The van der Waals surface area contributed by atoms with Crippen LogP contribution < -0.4 is 15.5 Å². The second-order valence-corrected chi connectivity index (χ2v) is 15.1. The van der Waals surface area contributed by atoms with Crippen LogP contribution in [0.5, 0.6) is 0 Å². The Bertz CT molecular complexity index is 2620. The average Bonchev–Trinajstić information content (AvgIpc) is 3.95. The summed E-state index contributed by atoms with van der Waals surface area (Å²) < 4.78 is 70.9. The van der Waals surface area contributed by atoms with E-state index in [4.69, 9.17) is 4.74 Å². The van der Waals surface area contributed by atoms with Gasteiger partial charge in [-0.3, -0.25) is 4.98 Å². The van der Waals surface area contributed by atoms with Gasteiger partial charge in [-0.25, -0.2) is 32.5 Å². The van der Waals surface area contributed by atoms with Gasteiger partial charge < -0.3 is 19.6 Å². The number of tetrazole rings is 1. The zero-order chi connectivity index (χ0) is 43.4. The molecule has 0 spiro atoms. The van der Waals surface area contributed by atoms with Gasteiger partial charge in [0.15, 0.2) is 5.60 Å². The number of hydrogen-bond acceptors (Lipinski definition) is 11. The number of halogens is 4. The lowest BCUT2D eigenvalue weighted by atomic mass is 9.84. The number of nitrogens with zero attached hydrogens (tertiary/aromatic N) is 11. The summed E-state index contributed by atoms with van der Waals surface area (Å²) in [6, 6.07) is 25.5. The molecular formula is C44H43F4N11O3. The topological polar surface area (TPSA) is 145 Å². The number of rotatable bonds is 15. The minimum Gasteiger partial charge on any atom is -0.377 e. The van der Waals surface area contributed by atoms with E-state index in [2.05, 4.69) is 40.4 Å². The summed E-state index contributed by atoms with van der Waals surface area (Å²) in [5, 5.41) is 26.3. The van der Waals surface area contributed by atoms with Crippen molar-refractivity contribution in [1.82, 2.24) is 44.5 Å². The number of aromatic nitrogens is 9. The Morgan fingerprint density at radius 1 is 0.823 bits per heavy atom. The van der Waals surface area contributed by atoms with Crippen molar-refractivity contribution in [3.8, 4) is 16.9 Å². The largest absolute Gasteiger partial charge is 0.377 e. The van der Waals surface area contributed by atoms with Gasteiger partial charge in [-0.05, 0) is 77.4 Å². The van der Waals surface area contributed by atoms with Crippen LogP contribution in [0.15, 0.2) is 127 Å². The first kappa shape index (κ1) is 41.9. The third-order valence-electron chi connectivity index (χ3n) is 11.3. The van der Waals surface area contributed by atoms with E-state index in [9.17, 15) is 18.7 Å². The Kier molecular flexibility index (Phi) is 11.9. The number of ether oxygens (including phenoxy) is 1. The highest BCUT2D eigenvalue weighted by atomic mass is 19.3. The SMILES string of the molecule is CC[C@@H]([C@H](C)OCc1ccccc1)n1ncn(-c2ccc(N3CCN(c4ccc(-c5ccc(C(F)(F)C(O)(Cn6cnnn6)c6ccc(F)cc6F)nc5)cc4)CC3)cn2)c1=O. The summed E-state index contributed by atoms with van der Waals surface area (Å²) in [6.45, 7) is 6.35. The van der Waals surface area contributed by atoms with Crippen LogP contribution in [-0.2, 0) is 29.4 Å². The summed E-state index contributed by atoms with van der Waals surface area (Å²) in [7, 11) is 0. The van der Waals surface area contributed by atoms with E-state index >= 15 is 8.78 Å². The second-order valence-electron chi connectivity index (χ2n) is 15.1. The van der Waals surface area contributed by atoms with Crippen molar-refractivity contribution in [2.24, 2.45) is 0 Å². The molecule has 1 aliphatic heterocycles. The van der Waals surface area contributed by atoms with Crippen molar-refractivity contribution in [1.29, 1.82) is 0 Å². The van der Waals surface area contributed by atoms with E-state index in [0.717, 1.165) is 77.9 Å². The molecule has 1 N–H and O–H groups in total. The van der Waals surface area contributed by atoms with Crippen LogP contribution in [0.1, 0.15) is 43.1 Å². The molecule has 3 aromatic carbocycles. The van der Waals surface area contributed by atoms with E-state index in [0.29, 0.717) is 30.5 Å². The Balaban J connectivity index is 0.886. The van der Waals surface area contributed by atoms with E-state index in [1.807, 2.05) is 80.6 Å². The number of benzene rings is 3. The molecule has 0 aliphatic carbocycles. The molecule has 0 saturated carbocycles. The van der Waals surface area contributed by atoms with Gasteiger partial charge in [0.25, 0.3) is 0 Å². The van der Waals surface area contributed by atoms with Crippen LogP contribution in [0.2, 0.25) is 0 Å². The zero-order valence-corrected chi connectivity index (χ0v) is 33.8. The normalized spacial score (nSPS) is 15.3. The third kappa shape index (κ3) is 8.42. The predicted octanol–water partition coefficient (Wildman–Crippen LogP) is 6.32. The highest BCUT2D eigenvalue weighted by Crippen LogP contribution is 2.47. The van der Waals surface area contributed by atoms with Crippen LogP contribution >= 0.6 is 0 Å². The van der Waals surface area contributed by atoms with Gasteiger partial charge >= 0.3 is 11.6 Å². The van der Waals surface area contributed by atoms with Crippen LogP contribution in [-0.4, -0.2) is 81.9 Å². The molecule has 18 heteroatoms. The van der Waals surface area contributed by atoms with E-state index in [1.165, 1.54) is 27.8 Å². The summed E-state index contributed by atoms with van der Waals surface area (Å²) in [5.41, 5.74) is -0.974. The fraction of sp³-hybridized carbons (Fsp3) is 0.295. The molecule has 1 saturated heterocycles. The minimum atomic E-state index is -4.17. The maximum absolute atomic E-state index is 16.2. The van der Waals surface area contributed by atoms with Crippen molar-refractivity contribution in [2.75, 3.05) is 36.0 Å². The quantitative estimate of drug-likeness (QED) is 0.116. The summed E-state index contributed by atoms with van der Waals surface area (Å²) in [4.78, 5) is 26.6. The highest BCUT2D eigenvalue weighted by Gasteiger charge is 2.58. The number of piperazine rings is 1. The number of alkyl halides is 2. The molecule has 1 aliphatic rings. The first-order chi connectivity index (χ1) is 29.9. The van der Waals surface area contributed by atoms with Crippen molar-refractivity contribution < 1.29 is 27.4 Å². The first-order valence-corrected chi connectivity index (χ1v) is 20.1. The Labute approximate surface area is 353 Å². The van der Waals surface area contributed by atoms with Crippen LogP contribution in [0, 0.1) is 11.6 Å². The van der Waals surface area contributed by atoms with Gasteiger partial charge in [-0.1, -0.05) is 55.5 Å². The summed E-state index contributed by atoms with van der Waals surface area (Å²) >= 11 is 0. The number of aliphatic hydroxyl groups is 1. The fourth-order valence-electron chi connectivity index (χ4n) is 7.74. The lowest BCUT2D eigenvalue weighted by molar-refractivity contribution is -0.207. The lowest BCUT2D eigenvalue weighted by Crippen LogP contribution is -2.48. The molecule has 62 heavy (non-hydrogen) atoms. The zero-order valence-electron chi connectivity index (χ0n) is 33.8. The Hall–Kier alpha value is -6.79. The molecule has 7 aromatic rings. The van der Waals surface area contributed by atoms with E-state index in [-0.39, 0.29) is 17.8 Å². The first-order valence-electron chi connectivity index (χ1n) is 20.1. The molecular weight excluding hydrogens is 807 g/mol. The van der Waals surface area contributed by atoms with Crippen molar-refractivity contribution >= 4 is 11.4 Å². The van der Waals surface area contributed by atoms with Gasteiger partial charge in [0.05, 0.1) is 37.2 Å². The fourth-order valence-corrected chi connectivity index (χ4v) is 7.74. The molecule has 1 unspecified atom stereocenters. The number of hydrogen-bond donors (Lipinski definition) is 1. The Morgan fingerprint density at radius 2 is 1.53 bits per heavy atom. The predicted molar refractivity (Wildman–Crippen MR) is 222 cm³/mol. The minimum absolute atomic E-state index is 0.246. The third-order valence-corrected chi connectivity index (χ3v) is 11.3. The molecule has 0 bridgehead atoms. The molecule has 14 nitrogen and oxygen atoms in total. The van der Waals surface area contributed by atoms with Crippen LogP contribution in [0.4, 0.5) is 28.9 Å². The summed E-state index contributed by atoms with van der Waals surface area (Å²) in [5.74, 6) is -6.05. The van der Waals surface area contributed by atoms with Gasteiger partial charge in [0.1, 0.15) is 35.8 Å². The van der Waals surface area contributed by atoms with Gasteiger partial charge in [-0.2, -0.15) is 13.9 Å². The number of anilines is 2. The van der Waals surface area contributed by atoms with Gasteiger partial charge in [-0.15, -0.1) is 5.10 Å². The van der Waals surface area contributed by atoms with Crippen molar-refractivity contribution in [2.45, 2.75) is 57.1 Å². The van der Waals surface area contributed by atoms with Gasteiger partial charge in [0.2, 0.25) is 0 Å². The Morgan fingerprint density at radius 3 is 2.16 bits per heavy atom. The summed E-state index contributed by atoms with van der Waals surface area (Å²) in [6.07, 6.45) is 5.92. The number of pyridine rings is 2. The van der Waals surface area contributed by atoms with E-state index < -0.39 is 41.0 Å². The molecule has 4 aromatic heterocycles. The molecule has 0 amide bonds. The average molecular weight is 850 g/mol. The van der Waals surface area contributed by atoms with Crippen LogP contribution in [0.3, 0.4) is 0 Å². The standard InChI is InChI=1S/C44H43F4N11O3/c1-3-39(30(2)62-26-31-7-5-4-6-8-31)59-42(60)58(29-52-59)41-18-15-36(25-50-41)56-21-19-55(20-22-56)35-13-9-32(10-14-35)33-11-17-40(49-24-33)44(47,48)43(61,27-57-28-51-53-54-57)37-16-12-34(45)23-38(37)46/h4-18,23-25,28-30,39,61H,3,19-22,26-27H2,1-2H3/t30-,39-,43?/m0/s1. The lowest BCUT2D eigenvalue weighted by Gasteiger charge is -2.37. The molecule has 1 fully saturated rings. The maximum atomic E-state index is 16.2. The highest BCUT2D eigenvalue weighted by molar-refractivity contribution is 5.66. The monoisotopic (exact) mass is 849 g/mol. The van der Waals surface area contributed by atoms with E-state index in [1.54, 1.807) is 6.20 Å². The van der Waals surface area contributed by atoms with Crippen molar-refractivity contribution in [3.63, 3.8) is 0 Å². The molecule has 320 valence electrons.